The summed E-state index contributed by atoms with van der Waals surface area (Å²) >= 11 is 0. The van der Waals surface area contributed by atoms with E-state index in [1.807, 2.05) is 13.0 Å². The largest absolute Gasteiger partial charge is 0.497 e. The highest BCUT2D eigenvalue weighted by atomic mass is 32.2. The van der Waals surface area contributed by atoms with E-state index < -0.39 is 10.0 Å². The van der Waals surface area contributed by atoms with Gasteiger partial charge in [0, 0.05) is 46.1 Å². The third-order valence-corrected chi connectivity index (χ3v) is 7.63. The van der Waals surface area contributed by atoms with E-state index in [1.165, 1.54) is 10.4 Å². The van der Waals surface area contributed by atoms with E-state index in [4.69, 9.17) is 9.73 Å². The van der Waals surface area contributed by atoms with Crippen molar-refractivity contribution in [1.29, 1.82) is 0 Å². The maximum Gasteiger partial charge on any atom is 0.243 e. The van der Waals surface area contributed by atoms with Crippen LogP contribution in [0.25, 0.3) is 0 Å². The van der Waals surface area contributed by atoms with Gasteiger partial charge in [-0.2, -0.15) is 4.31 Å². The monoisotopic (exact) mass is 474 g/mol. The lowest BCUT2D eigenvalue weighted by molar-refractivity contribution is 0.263. The maximum atomic E-state index is 13.6. The highest BCUT2D eigenvalue weighted by Crippen LogP contribution is 2.21. The average molecular weight is 475 g/mol. The predicted octanol–water partition coefficient (Wildman–Crippen LogP) is 3.53. The zero-order valence-electron chi connectivity index (χ0n) is 19.6. The SMILES string of the molecule is CCC(=NC(Cc1ccc(F)c(C)c1)=NC)N1CCN(S(=O)(=O)c2ccc(OC)cc2)CC1. The molecule has 0 radical (unpaired) electrons. The minimum absolute atomic E-state index is 0.228. The van der Waals surface area contributed by atoms with Crippen molar-refractivity contribution in [1.82, 2.24) is 9.21 Å². The second kappa shape index (κ2) is 10.9. The van der Waals surface area contributed by atoms with Crippen LogP contribution in [-0.2, 0) is 16.4 Å². The fourth-order valence-electron chi connectivity index (χ4n) is 3.77. The van der Waals surface area contributed by atoms with Crippen LogP contribution in [0.3, 0.4) is 0 Å². The molecule has 9 heteroatoms. The smallest absolute Gasteiger partial charge is 0.243 e. The molecular formula is C24H31FN4O3S. The zero-order valence-corrected chi connectivity index (χ0v) is 20.4. The predicted molar refractivity (Wildman–Crippen MR) is 129 cm³/mol. The third-order valence-electron chi connectivity index (χ3n) is 5.72. The van der Waals surface area contributed by atoms with Crippen LogP contribution >= 0.6 is 0 Å². The number of hydrogen-bond donors (Lipinski definition) is 0. The van der Waals surface area contributed by atoms with E-state index in [0.717, 1.165) is 11.4 Å². The number of halogens is 1. The Hall–Kier alpha value is -2.78. The molecule has 0 unspecified atom stereocenters. The van der Waals surface area contributed by atoms with Gasteiger partial charge in [0.05, 0.1) is 12.0 Å². The molecule has 1 saturated heterocycles. The van der Waals surface area contributed by atoms with Crippen molar-refractivity contribution in [2.75, 3.05) is 40.3 Å². The molecule has 1 fully saturated rings. The van der Waals surface area contributed by atoms with Crippen molar-refractivity contribution in [3.05, 3.63) is 59.4 Å². The second-order valence-electron chi connectivity index (χ2n) is 7.85. The minimum atomic E-state index is -3.56. The quantitative estimate of drug-likeness (QED) is 0.474. The summed E-state index contributed by atoms with van der Waals surface area (Å²) in [5, 5.41) is 0. The lowest BCUT2D eigenvalue weighted by Crippen LogP contribution is -2.50. The van der Waals surface area contributed by atoms with E-state index in [9.17, 15) is 12.8 Å². The number of aliphatic imine (C=N–C) groups is 2. The van der Waals surface area contributed by atoms with Crippen molar-refractivity contribution >= 4 is 21.7 Å². The lowest BCUT2D eigenvalue weighted by atomic mass is 10.1. The Balaban J connectivity index is 1.68. The fourth-order valence-corrected chi connectivity index (χ4v) is 5.20. The van der Waals surface area contributed by atoms with Crippen LogP contribution < -0.4 is 4.74 Å². The fraction of sp³-hybridized carbons (Fsp3) is 0.417. The van der Waals surface area contributed by atoms with Crippen LogP contribution in [0, 0.1) is 12.7 Å². The summed E-state index contributed by atoms with van der Waals surface area (Å²) in [6.45, 7) is 5.62. The number of hydrogen-bond acceptors (Lipinski definition) is 4. The molecule has 0 amide bonds. The summed E-state index contributed by atoms with van der Waals surface area (Å²) in [7, 11) is -0.319. The van der Waals surface area contributed by atoms with Crippen LogP contribution in [0.2, 0.25) is 0 Å². The molecule has 0 bridgehead atoms. The Labute approximate surface area is 195 Å². The maximum absolute atomic E-state index is 13.6. The third kappa shape index (κ3) is 5.97. The van der Waals surface area contributed by atoms with Crippen LogP contribution in [-0.4, -0.2) is 69.6 Å². The second-order valence-corrected chi connectivity index (χ2v) is 9.79. The van der Waals surface area contributed by atoms with Crippen molar-refractivity contribution < 1.29 is 17.5 Å². The van der Waals surface area contributed by atoms with Crippen LogP contribution in [0.1, 0.15) is 24.5 Å². The van der Waals surface area contributed by atoms with E-state index in [-0.39, 0.29) is 10.7 Å². The summed E-state index contributed by atoms with van der Waals surface area (Å²) in [5.41, 5.74) is 1.54. The van der Waals surface area contributed by atoms with Gasteiger partial charge in [-0.3, -0.25) is 4.99 Å². The molecule has 0 N–H and O–H groups in total. The molecule has 3 rings (SSSR count). The van der Waals surface area contributed by atoms with E-state index >= 15 is 0 Å². The Bertz CT molecular complexity index is 1120. The number of nitrogens with zero attached hydrogens (tertiary/aromatic N) is 4. The molecule has 0 aromatic heterocycles. The molecule has 1 aliphatic rings. The molecule has 2 aromatic rings. The first kappa shape index (κ1) is 24.9. The van der Waals surface area contributed by atoms with Gasteiger partial charge in [-0.25, -0.2) is 17.8 Å². The summed E-state index contributed by atoms with van der Waals surface area (Å²) in [4.78, 5) is 11.5. The first-order chi connectivity index (χ1) is 15.8. The molecular weight excluding hydrogens is 443 g/mol. The van der Waals surface area contributed by atoms with Crippen LogP contribution in [0.4, 0.5) is 4.39 Å². The molecule has 0 aliphatic carbocycles. The van der Waals surface area contributed by atoms with Gasteiger partial charge < -0.3 is 9.64 Å². The first-order valence-corrected chi connectivity index (χ1v) is 12.4. The zero-order chi connectivity index (χ0) is 24.0. The molecule has 0 spiro atoms. The summed E-state index contributed by atoms with van der Waals surface area (Å²) in [5.74, 6) is 1.92. The van der Waals surface area contributed by atoms with Gasteiger partial charge in [-0.1, -0.05) is 19.1 Å². The number of rotatable bonds is 6. The Morgan fingerprint density at radius 3 is 2.30 bits per heavy atom. The Morgan fingerprint density at radius 2 is 1.76 bits per heavy atom. The first-order valence-electron chi connectivity index (χ1n) is 11.0. The molecule has 7 nitrogen and oxygen atoms in total. The van der Waals surface area contributed by atoms with Crippen molar-refractivity contribution in [2.45, 2.75) is 31.6 Å². The van der Waals surface area contributed by atoms with Gasteiger partial charge in [0.2, 0.25) is 10.0 Å². The molecule has 178 valence electrons. The van der Waals surface area contributed by atoms with Gasteiger partial charge in [-0.05, 0) is 48.4 Å². The van der Waals surface area contributed by atoms with Crippen LogP contribution in [0.5, 0.6) is 5.75 Å². The van der Waals surface area contributed by atoms with E-state index in [2.05, 4.69) is 9.89 Å². The standard InChI is InChI=1S/C24H31FN4O3S/c1-5-24(27-23(26-3)17-19-6-11-22(25)18(2)16-19)28-12-14-29(15-13-28)33(30,31)21-9-7-20(32-4)8-10-21/h6-11,16H,5,12-15,17H2,1-4H3. The number of amidine groups is 2. The number of aryl methyl sites for hydroxylation is 1. The Kier molecular flexibility index (Phi) is 8.20. The normalized spacial score (nSPS) is 16.2. The summed E-state index contributed by atoms with van der Waals surface area (Å²) < 4.78 is 46.2. The number of benzene rings is 2. The van der Waals surface area contributed by atoms with E-state index in [1.54, 1.807) is 51.4 Å². The average Bonchev–Trinajstić information content (AvgIpc) is 2.84. The minimum Gasteiger partial charge on any atom is -0.497 e. The Morgan fingerprint density at radius 1 is 1.09 bits per heavy atom. The van der Waals surface area contributed by atoms with Crippen molar-refractivity contribution in [3.8, 4) is 5.75 Å². The molecule has 0 atom stereocenters. The van der Waals surface area contributed by atoms with Crippen molar-refractivity contribution in [2.24, 2.45) is 9.98 Å². The summed E-state index contributed by atoms with van der Waals surface area (Å²) in [6.07, 6.45) is 1.21. The molecule has 1 aliphatic heterocycles. The number of methoxy groups -OCH3 is 1. The topological polar surface area (TPSA) is 74.6 Å². The highest BCUT2D eigenvalue weighted by Gasteiger charge is 2.29. The van der Waals surface area contributed by atoms with E-state index in [0.29, 0.717) is 56.2 Å². The number of sulfonamides is 1. The number of piperazine rings is 1. The van der Waals surface area contributed by atoms with Gasteiger partial charge in [0.25, 0.3) is 0 Å². The summed E-state index contributed by atoms with van der Waals surface area (Å²) in [6, 6.07) is 11.5. The lowest BCUT2D eigenvalue weighted by Gasteiger charge is -2.35. The van der Waals surface area contributed by atoms with Gasteiger partial charge >= 0.3 is 0 Å². The molecule has 0 saturated carbocycles. The molecule has 1 heterocycles. The highest BCUT2D eigenvalue weighted by molar-refractivity contribution is 7.89. The molecule has 2 aromatic carbocycles. The van der Waals surface area contributed by atoms with Gasteiger partial charge in [0.1, 0.15) is 23.2 Å². The van der Waals surface area contributed by atoms with Gasteiger partial charge in [0.15, 0.2) is 0 Å². The van der Waals surface area contributed by atoms with Gasteiger partial charge in [-0.15, -0.1) is 0 Å². The van der Waals surface area contributed by atoms with Crippen molar-refractivity contribution in [3.63, 3.8) is 0 Å². The number of ether oxygens (including phenoxy) is 1. The molecule has 33 heavy (non-hydrogen) atoms. The van der Waals surface area contributed by atoms with Crippen LogP contribution in [0.15, 0.2) is 57.3 Å².